The van der Waals surface area contributed by atoms with Crippen LogP contribution in [0.4, 0.5) is 0 Å². The van der Waals surface area contributed by atoms with Crippen LogP contribution in [0.1, 0.15) is 24.5 Å². The summed E-state index contributed by atoms with van der Waals surface area (Å²) < 4.78 is 0.917. The van der Waals surface area contributed by atoms with Crippen LogP contribution in [0.15, 0.2) is 24.3 Å². The Kier molecular flexibility index (Phi) is 4.88. The van der Waals surface area contributed by atoms with Crippen molar-refractivity contribution in [2.24, 2.45) is 0 Å². The Labute approximate surface area is 106 Å². The predicted molar refractivity (Wildman–Crippen MR) is 66.0 cm³/mol. The number of aliphatic hydroxyl groups is 1. The van der Waals surface area contributed by atoms with E-state index in [9.17, 15) is 14.7 Å². The monoisotopic (exact) mass is 334 g/mol. The molecule has 0 saturated carbocycles. The summed E-state index contributed by atoms with van der Waals surface area (Å²) in [7, 11) is 0. The molecule has 5 heteroatoms. The van der Waals surface area contributed by atoms with Crippen LogP contribution in [0, 0.1) is 3.57 Å². The number of carboxylic acid groups (broad SMARTS) is 1. The highest BCUT2D eigenvalue weighted by Crippen LogP contribution is 2.18. The van der Waals surface area contributed by atoms with E-state index in [1.807, 2.05) is 6.07 Å². The molecule has 0 fully saturated rings. The Bertz CT molecular complexity index is 403. The third-order valence-electron chi connectivity index (χ3n) is 2.05. The molecule has 0 aromatic heterocycles. The summed E-state index contributed by atoms with van der Waals surface area (Å²) in [5, 5.41) is 18.1. The van der Waals surface area contributed by atoms with E-state index >= 15 is 0 Å². The highest BCUT2D eigenvalue weighted by molar-refractivity contribution is 14.1. The number of carbonyl (C=O) groups is 2. The first-order chi connectivity index (χ1) is 7.50. The fourth-order valence-corrected chi connectivity index (χ4v) is 1.80. The summed E-state index contributed by atoms with van der Waals surface area (Å²) in [6.07, 6.45) is -1.63. The lowest BCUT2D eigenvalue weighted by atomic mass is 10.0. The standard InChI is InChI=1S/C11H11IO4/c12-8-3-1-2-7(6-8)11(16)9(13)4-5-10(14)15/h1-3,6,11,16H,4-5H2,(H,14,15)/t11-/m0/s1. The lowest BCUT2D eigenvalue weighted by Crippen LogP contribution is -2.13. The van der Waals surface area contributed by atoms with Gasteiger partial charge in [0, 0.05) is 9.99 Å². The molecular weight excluding hydrogens is 323 g/mol. The first-order valence-corrected chi connectivity index (χ1v) is 5.76. The summed E-state index contributed by atoms with van der Waals surface area (Å²) in [4.78, 5) is 21.7. The van der Waals surface area contributed by atoms with Gasteiger partial charge in [0.25, 0.3) is 0 Å². The van der Waals surface area contributed by atoms with Gasteiger partial charge in [0.2, 0.25) is 0 Å². The zero-order valence-corrected chi connectivity index (χ0v) is 10.5. The summed E-state index contributed by atoms with van der Waals surface area (Å²) in [6, 6.07) is 6.93. The van der Waals surface area contributed by atoms with Gasteiger partial charge in [0.15, 0.2) is 5.78 Å². The molecule has 4 nitrogen and oxygen atoms in total. The van der Waals surface area contributed by atoms with E-state index in [2.05, 4.69) is 22.6 Å². The van der Waals surface area contributed by atoms with E-state index < -0.39 is 17.9 Å². The van der Waals surface area contributed by atoms with E-state index in [1.54, 1.807) is 18.2 Å². The highest BCUT2D eigenvalue weighted by Gasteiger charge is 2.18. The number of carboxylic acids is 1. The number of rotatable bonds is 5. The Morgan fingerprint density at radius 3 is 2.56 bits per heavy atom. The van der Waals surface area contributed by atoms with E-state index in [0.717, 1.165) is 3.57 Å². The van der Waals surface area contributed by atoms with Gasteiger partial charge in [-0.2, -0.15) is 0 Å². The smallest absolute Gasteiger partial charge is 0.303 e. The molecule has 0 saturated heterocycles. The van der Waals surface area contributed by atoms with E-state index in [0.29, 0.717) is 5.56 Å². The van der Waals surface area contributed by atoms with Crippen LogP contribution in [0.5, 0.6) is 0 Å². The van der Waals surface area contributed by atoms with Crippen molar-refractivity contribution < 1.29 is 19.8 Å². The molecule has 0 amide bonds. The van der Waals surface area contributed by atoms with Crippen molar-refractivity contribution in [3.8, 4) is 0 Å². The minimum absolute atomic E-state index is 0.151. The van der Waals surface area contributed by atoms with Gasteiger partial charge < -0.3 is 10.2 Å². The Morgan fingerprint density at radius 2 is 2.00 bits per heavy atom. The first kappa shape index (κ1) is 13.1. The van der Waals surface area contributed by atoms with Gasteiger partial charge in [-0.25, -0.2) is 0 Å². The maximum absolute atomic E-state index is 11.4. The number of benzene rings is 1. The zero-order valence-electron chi connectivity index (χ0n) is 8.39. The number of halogens is 1. The average Bonchev–Trinajstić information content (AvgIpc) is 2.24. The Balaban J connectivity index is 2.66. The number of hydrogen-bond donors (Lipinski definition) is 2. The molecule has 1 aromatic carbocycles. The molecule has 0 aliphatic heterocycles. The number of carbonyl (C=O) groups excluding carboxylic acids is 1. The minimum atomic E-state index is -1.23. The summed E-state index contributed by atoms with van der Waals surface area (Å²) >= 11 is 2.08. The first-order valence-electron chi connectivity index (χ1n) is 4.68. The fraction of sp³-hybridized carbons (Fsp3) is 0.273. The molecule has 1 atom stereocenters. The van der Waals surface area contributed by atoms with Crippen molar-refractivity contribution in [1.29, 1.82) is 0 Å². The normalized spacial score (nSPS) is 12.1. The predicted octanol–water partition coefficient (Wildman–Crippen LogP) is 1.76. The summed E-state index contributed by atoms with van der Waals surface area (Å²) in [5.74, 6) is -1.51. The van der Waals surface area contributed by atoms with Crippen LogP contribution in [0.25, 0.3) is 0 Å². The number of ketones is 1. The summed E-state index contributed by atoms with van der Waals surface area (Å²) in [5.41, 5.74) is 0.502. The van der Waals surface area contributed by atoms with Gasteiger partial charge in [0.1, 0.15) is 6.10 Å². The second-order valence-electron chi connectivity index (χ2n) is 3.32. The Morgan fingerprint density at radius 1 is 1.31 bits per heavy atom. The molecule has 1 aromatic rings. The topological polar surface area (TPSA) is 74.6 Å². The van der Waals surface area contributed by atoms with Gasteiger partial charge in [-0.15, -0.1) is 0 Å². The van der Waals surface area contributed by atoms with Gasteiger partial charge in [-0.1, -0.05) is 12.1 Å². The second kappa shape index (κ2) is 5.95. The molecule has 1 rings (SSSR count). The third kappa shape index (κ3) is 3.90. The molecule has 0 spiro atoms. The molecule has 0 aliphatic rings. The fourth-order valence-electron chi connectivity index (χ4n) is 1.23. The number of Topliss-reactive ketones (excluding diaryl/α,β-unsaturated/α-hetero) is 1. The maximum Gasteiger partial charge on any atom is 0.303 e. The minimum Gasteiger partial charge on any atom is -0.481 e. The van der Waals surface area contributed by atoms with Crippen LogP contribution < -0.4 is 0 Å². The third-order valence-corrected chi connectivity index (χ3v) is 2.73. The lowest BCUT2D eigenvalue weighted by Gasteiger charge is -2.09. The second-order valence-corrected chi connectivity index (χ2v) is 4.56. The van der Waals surface area contributed by atoms with Crippen molar-refractivity contribution in [3.05, 3.63) is 33.4 Å². The number of hydrogen-bond acceptors (Lipinski definition) is 3. The molecular formula is C11H11IO4. The van der Waals surface area contributed by atoms with Crippen LogP contribution in [-0.4, -0.2) is 22.0 Å². The molecule has 2 N–H and O–H groups in total. The van der Waals surface area contributed by atoms with Crippen LogP contribution in [0.3, 0.4) is 0 Å². The largest absolute Gasteiger partial charge is 0.481 e. The van der Waals surface area contributed by atoms with Gasteiger partial charge in [0.05, 0.1) is 6.42 Å². The molecule has 86 valence electrons. The van der Waals surface area contributed by atoms with Crippen molar-refractivity contribution in [2.75, 3.05) is 0 Å². The molecule has 0 radical (unpaired) electrons. The molecule has 0 unspecified atom stereocenters. The van der Waals surface area contributed by atoms with Gasteiger partial charge in [-0.05, 0) is 40.3 Å². The van der Waals surface area contributed by atoms with Crippen LogP contribution >= 0.6 is 22.6 Å². The molecule has 0 heterocycles. The van der Waals surface area contributed by atoms with Crippen molar-refractivity contribution in [2.45, 2.75) is 18.9 Å². The van der Waals surface area contributed by atoms with E-state index in [4.69, 9.17) is 5.11 Å². The van der Waals surface area contributed by atoms with Crippen LogP contribution in [0.2, 0.25) is 0 Å². The van der Waals surface area contributed by atoms with E-state index in [-0.39, 0.29) is 12.8 Å². The summed E-state index contributed by atoms with van der Waals surface area (Å²) in [6.45, 7) is 0. The zero-order chi connectivity index (χ0) is 12.1. The molecule has 0 bridgehead atoms. The number of aliphatic hydroxyl groups excluding tert-OH is 1. The van der Waals surface area contributed by atoms with Crippen LogP contribution in [-0.2, 0) is 9.59 Å². The quantitative estimate of drug-likeness (QED) is 0.805. The maximum atomic E-state index is 11.4. The van der Waals surface area contributed by atoms with Crippen molar-refractivity contribution >= 4 is 34.3 Å². The van der Waals surface area contributed by atoms with Gasteiger partial charge in [-0.3, -0.25) is 9.59 Å². The molecule has 16 heavy (non-hydrogen) atoms. The SMILES string of the molecule is O=C(O)CCC(=O)[C@@H](O)c1cccc(I)c1. The number of aliphatic carboxylic acids is 1. The lowest BCUT2D eigenvalue weighted by molar-refractivity contribution is -0.139. The molecule has 0 aliphatic carbocycles. The van der Waals surface area contributed by atoms with E-state index in [1.165, 1.54) is 0 Å². The Hall–Kier alpha value is -0.950. The van der Waals surface area contributed by atoms with Gasteiger partial charge >= 0.3 is 5.97 Å². The highest BCUT2D eigenvalue weighted by atomic mass is 127. The van der Waals surface area contributed by atoms with Crippen molar-refractivity contribution in [1.82, 2.24) is 0 Å². The van der Waals surface area contributed by atoms with Crippen molar-refractivity contribution in [3.63, 3.8) is 0 Å². The average molecular weight is 334 g/mol.